The minimum atomic E-state index is -0.221. The number of nitrogens with zero attached hydrogens (tertiary/aromatic N) is 1. The molecule has 3 nitrogen and oxygen atoms in total. The van der Waals surface area contributed by atoms with Gasteiger partial charge in [0.15, 0.2) is 0 Å². The van der Waals surface area contributed by atoms with Crippen LogP contribution in [0.3, 0.4) is 0 Å². The molecule has 2 fully saturated rings. The van der Waals surface area contributed by atoms with Gasteiger partial charge in [0.1, 0.15) is 5.82 Å². The molecule has 1 saturated heterocycles. The molecule has 0 spiro atoms. The Kier molecular flexibility index (Phi) is 4.24. The second-order valence-electron chi connectivity index (χ2n) is 6.42. The van der Waals surface area contributed by atoms with E-state index in [1.165, 1.54) is 6.07 Å². The quantitative estimate of drug-likeness (QED) is 0.924. The van der Waals surface area contributed by atoms with Crippen LogP contribution in [0.25, 0.3) is 0 Å². The topological polar surface area (TPSA) is 32.3 Å². The van der Waals surface area contributed by atoms with Gasteiger partial charge in [-0.3, -0.25) is 4.79 Å². The molecule has 1 aromatic rings. The third-order valence-corrected chi connectivity index (χ3v) is 4.53. The lowest BCUT2D eigenvalue weighted by Crippen LogP contribution is -2.50. The van der Waals surface area contributed by atoms with Crippen molar-refractivity contribution in [2.75, 3.05) is 6.54 Å². The number of piperidine rings is 1. The molecule has 1 aliphatic carbocycles. The highest BCUT2D eigenvalue weighted by Crippen LogP contribution is 2.30. The zero-order chi connectivity index (χ0) is 14.8. The van der Waals surface area contributed by atoms with Crippen molar-refractivity contribution >= 4 is 5.91 Å². The summed E-state index contributed by atoms with van der Waals surface area (Å²) in [6.07, 6.45) is 4.10. The number of amides is 1. The van der Waals surface area contributed by atoms with Gasteiger partial charge in [-0.15, -0.1) is 0 Å². The average Bonchev–Trinajstić information content (AvgIpc) is 3.30. The van der Waals surface area contributed by atoms with Gasteiger partial charge in [0.05, 0.1) is 6.04 Å². The van der Waals surface area contributed by atoms with Crippen molar-refractivity contribution in [1.29, 1.82) is 0 Å². The molecule has 1 heterocycles. The highest BCUT2D eigenvalue weighted by atomic mass is 19.1. The molecule has 1 N–H and O–H groups in total. The number of rotatable bonds is 4. The van der Waals surface area contributed by atoms with E-state index in [-0.39, 0.29) is 17.8 Å². The number of halogens is 1. The van der Waals surface area contributed by atoms with Crippen molar-refractivity contribution in [3.8, 4) is 0 Å². The van der Waals surface area contributed by atoms with Crippen LogP contribution in [0, 0.1) is 11.7 Å². The summed E-state index contributed by atoms with van der Waals surface area (Å²) >= 11 is 0. The minimum absolute atomic E-state index is 0.0962. The molecule has 0 aromatic heterocycles. The van der Waals surface area contributed by atoms with Gasteiger partial charge in [0, 0.05) is 18.2 Å². The van der Waals surface area contributed by atoms with Crippen LogP contribution >= 0.6 is 0 Å². The Labute approximate surface area is 125 Å². The SMILES string of the molecule is CC1CCNC(C(=O)N(Cc2ccccc2F)C2CC2)C1. The van der Waals surface area contributed by atoms with Gasteiger partial charge in [-0.05, 0) is 44.2 Å². The highest BCUT2D eigenvalue weighted by molar-refractivity contribution is 5.82. The van der Waals surface area contributed by atoms with Crippen molar-refractivity contribution < 1.29 is 9.18 Å². The zero-order valence-corrected chi connectivity index (χ0v) is 12.5. The van der Waals surface area contributed by atoms with Crippen LogP contribution in [0.2, 0.25) is 0 Å². The Morgan fingerprint density at radius 2 is 2.10 bits per heavy atom. The average molecular weight is 290 g/mol. The van der Waals surface area contributed by atoms with Crippen LogP contribution in [0.4, 0.5) is 4.39 Å². The third kappa shape index (κ3) is 3.43. The maximum absolute atomic E-state index is 13.8. The maximum Gasteiger partial charge on any atom is 0.240 e. The van der Waals surface area contributed by atoms with Gasteiger partial charge in [0.2, 0.25) is 5.91 Å². The molecule has 4 heteroatoms. The van der Waals surface area contributed by atoms with Gasteiger partial charge in [0.25, 0.3) is 0 Å². The number of nitrogens with one attached hydrogen (secondary N) is 1. The second kappa shape index (κ2) is 6.14. The first-order valence-electron chi connectivity index (χ1n) is 7.92. The van der Waals surface area contributed by atoms with E-state index in [1.54, 1.807) is 12.1 Å². The largest absolute Gasteiger partial charge is 0.334 e. The molecule has 0 bridgehead atoms. The van der Waals surface area contributed by atoms with E-state index < -0.39 is 0 Å². The fourth-order valence-corrected chi connectivity index (χ4v) is 3.08. The van der Waals surface area contributed by atoms with E-state index in [1.807, 2.05) is 11.0 Å². The Bertz CT molecular complexity index is 515. The van der Waals surface area contributed by atoms with Gasteiger partial charge >= 0.3 is 0 Å². The molecular formula is C17H23FN2O. The van der Waals surface area contributed by atoms with Crippen molar-refractivity contribution in [2.24, 2.45) is 5.92 Å². The lowest BCUT2D eigenvalue weighted by atomic mass is 9.93. The molecule has 1 amide bonds. The standard InChI is InChI=1S/C17H23FN2O/c1-12-8-9-19-16(10-12)17(21)20(14-6-7-14)11-13-4-2-3-5-15(13)18/h2-5,12,14,16,19H,6-11H2,1H3. The first-order valence-corrected chi connectivity index (χ1v) is 7.92. The van der Waals surface area contributed by atoms with E-state index in [2.05, 4.69) is 12.2 Å². The molecule has 1 saturated carbocycles. The van der Waals surface area contributed by atoms with Crippen LogP contribution in [0.5, 0.6) is 0 Å². The monoisotopic (exact) mass is 290 g/mol. The van der Waals surface area contributed by atoms with Crippen molar-refractivity contribution in [3.05, 3.63) is 35.6 Å². The van der Waals surface area contributed by atoms with E-state index >= 15 is 0 Å². The summed E-state index contributed by atoms with van der Waals surface area (Å²) in [5.74, 6) is 0.503. The summed E-state index contributed by atoms with van der Waals surface area (Å²) in [6, 6.07) is 6.96. The maximum atomic E-state index is 13.8. The van der Waals surface area contributed by atoms with Crippen LogP contribution in [-0.2, 0) is 11.3 Å². The fourth-order valence-electron chi connectivity index (χ4n) is 3.08. The predicted molar refractivity (Wildman–Crippen MR) is 80.2 cm³/mol. The van der Waals surface area contributed by atoms with Gasteiger partial charge in [-0.1, -0.05) is 25.1 Å². The van der Waals surface area contributed by atoms with E-state index in [4.69, 9.17) is 0 Å². The highest BCUT2D eigenvalue weighted by Gasteiger charge is 2.37. The molecule has 21 heavy (non-hydrogen) atoms. The van der Waals surface area contributed by atoms with Gasteiger partial charge < -0.3 is 10.2 Å². The summed E-state index contributed by atoms with van der Waals surface area (Å²) in [7, 11) is 0. The molecule has 0 radical (unpaired) electrons. The Balaban J connectivity index is 1.72. The second-order valence-corrected chi connectivity index (χ2v) is 6.42. The molecule has 3 rings (SSSR count). The molecule has 114 valence electrons. The Morgan fingerprint density at radius 3 is 2.76 bits per heavy atom. The van der Waals surface area contributed by atoms with Crippen LogP contribution in [0.1, 0.15) is 38.2 Å². The zero-order valence-electron chi connectivity index (χ0n) is 12.5. The minimum Gasteiger partial charge on any atom is -0.334 e. The smallest absolute Gasteiger partial charge is 0.240 e. The van der Waals surface area contributed by atoms with E-state index in [0.717, 1.165) is 32.2 Å². The molecule has 1 aliphatic heterocycles. The van der Waals surface area contributed by atoms with Crippen LogP contribution in [0.15, 0.2) is 24.3 Å². The lowest BCUT2D eigenvalue weighted by molar-refractivity contribution is -0.135. The van der Waals surface area contributed by atoms with Crippen molar-refractivity contribution in [2.45, 2.75) is 51.2 Å². The third-order valence-electron chi connectivity index (χ3n) is 4.53. The van der Waals surface area contributed by atoms with E-state index in [9.17, 15) is 9.18 Å². The summed E-state index contributed by atoms with van der Waals surface area (Å²) in [5.41, 5.74) is 0.613. The number of hydrogen-bond acceptors (Lipinski definition) is 2. The number of carbonyl (C=O) groups is 1. The molecular weight excluding hydrogens is 267 g/mol. The lowest BCUT2D eigenvalue weighted by Gasteiger charge is -2.32. The van der Waals surface area contributed by atoms with Crippen LogP contribution in [-0.4, -0.2) is 29.4 Å². The molecule has 2 unspecified atom stereocenters. The molecule has 1 aromatic carbocycles. The summed E-state index contributed by atoms with van der Waals surface area (Å²) in [4.78, 5) is 14.7. The molecule has 2 atom stereocenters. The molecule has 2 aliphatic rings. The fraction of sp³-hybridized carbons (Fsp3) is 0.588. The number of hydrogen-bond donors (Lipinski definition) is 1. The predicted octanol–water partition coefficient (Wildman–Crippen LogP) is 2.70. The number of benzene rings is 1. The van der Waals surface area contributed by atoms with Crippen LogP contribution < -0.4 is 5.32 Å². The first kappa shape index (κ1) is 14.5. The first-order chi connectivity index (χ1) is 10.1. The van der Waals surface area contributed by atoms with Gasteiger partial charge in [-0.25, -0.2) is 4.39 Å². The van der Waals surface area contributed by atoms with E-state index in [0.29, 0.717) is 24.1 Å². The number of carbonyl (C=O) groups excluding carboxylic acids is 1. The summed E-state index contributed by atoms with van der Waals surface area (Å²) < 4.78 is 13.8. The summed E-state index contributed by atoms with van der Waals surface area (Å²) in [6.45, 7) is 3.48. The van der Waals surface area contributed by atoms with Gasteiger partial charge in [-0.2, -0.15) is 0 Å². The summed E-state index contributed by atoms with van der Waals surface area (Å²) in [5, 5.41) is 3.33. The Hall–Kier alpha value is -1.42. The van der Waals surface area contributed by atoms with Crippen molar-refractivity contribution in [3.63, 3.8) is 0 Å². The normalized spacial score (nSPS) is 25.6. The van der Waals surface area contributed by atoms with Crippen molar-refractivity contribution in [1.82, 2.24) is 10.2 Å². The Morgan fingerprint density at radius 1 is 1.33 bits per heavy atom.